The van der Waals surface area contributed by atoms with Gasteiger partial charge in [0.05, 0.1) is 18.8 Å². The van der Waals surface area contributed by atoms with Gasteiger partial charge >= 0.3 is 0 Å². The van der Waals surface area contributed by atoms with Gasteiger partial charge in [0.15, 0.2) is 0 Å². The fourth-order valence-corrected chi connectivity index (χ4v) is 0.992. The quantitative estimate of drug-likeness (QED) is 0.655. The van der Waals surface area contributed by atoms with Crippen LogP contribution < -0.4 is 11.1 Å². The third-order valence-corrected chi connectivity index (χ3v) is 1.75. The monoisotopic (exact) mass is 210 g/mol. The van der Waals surface area contributed by atoms with Gasteiger partial charge in [-0.2, -0.15) is 10.2 Å². The van der Waals surface area contributed by atoms with Crippen LogP contribution in [0.4, 0.5) is 0 Å². The predicted octanol–water partition coefficient (Wildman–Crippen LogP) is -0.933. The van der Waals surface area contributed by atoms with Crippen LogP contribution in [0.15, 0.2) is 18.3 Å². The van der Waals surface area contributed by atoms with E-state index in [-0.39, 0.29) is 12.5 Å². The normalized spacial score (nSPS) is 12.1. The minimum atomic E-state index is -0.647. The molecule has 0 spiro atoms. The molecule has 15 heavy (non-hydrogen) atoms. The molecular weight excluding hydrogens is 196 g/mol. The number of aromatic nitrogens is 2. The maximum Gasteiger partial charge on any atom is 0.239 e. The van der Waals surface area contributed by atoms with Crippen molar-refractivity contribution >= 4 is 5.91 Å². The van der Waals surface area contributed by atoms with Crippen molar-refractivity contribution in [2.75, 3.05) is 13.7 Å². The molecule has 1 aromatic rings. The summed E-state index contributed by atoms with van der Waals surface area (Å²) in [5.41, 5.74) is 6.21. The Morgan fingerprint density at radius 2 is 2.53 bits per heavy atom. The molecular formula is C9H14N4O2. The van der Waals surface area contributed by atoms with Gasteiger partial charge in [-0.3, -0.25) is 4.79 Å². The van der Waals surface area contributed by atoms with Gasteiger partial charge in [-0.1, -0.05) is 0 Å². The largest absolute Gasteiger partial charge is 0.383 e. The predicted molar refractivity (Wildman–Crippen MR) is 53.7 cm³/mol. The first kappa shape index (κ1) is 11.5. The van der Waals surface area contributed by atoms with Crippen LogP contribution in [0.25, 0.3) is 0 Å². The number of nitrogens with two attached hydrogens (primary N) is 1. The molecule has 0 fully saturated rings. The number of hydrogen-bond donors (Lipinski definition) is 2. The third kappa shape index (κ3) is 4.01. The maximum absolute atomic E-state index is 11.3. The number of ether oxygens (including phenoxy) is 1. The van der Waals surface area contributed by atoms with E-state index in [0.29, 0.717) is 12.2 Å². The first-order chi connectivity index (χ1) is 7.24. The second-order valence-electron chi connectivity index (χ2n) is 2.99. The van der Waals surface area contributed by atoms with E-state index in [0.717, 1.165) is 0 Å². The van der Waals surface area contributed by atoms with Crippen LogP contribution in [0, 0.1) is 0 Å². The fourth-order valence-electron chi connectivity index (χ4n) is 0.992. The SMILES string of the molecule is COCC(N)C(=O)NCc1cccnn1. The lowest BCUT2D eigenvalue weighted by atomic mass is 10.3. The molecule has 3 N–H and O–H groups in total. The highest BCUT2D eigenvalue weighted by Crippen LogP contribution is 1.90. The standard InChI is InChI=1S/C9H14N4O2/c1-15-6-8(10)9(14)11-5-7-3-2-4-12-13-7/h2-4,8H,5-6,10H2,1H3,(H,11,14). The van der Waals surface area contributed by atoms with Crippen molar-refractivity contribution in [3.63, 3.8) is 0 Å². The zero-order valence-electron chi connectivity index (χ0n) is 8.51. The lowest BCUT2D eigenvalue weighted by Gasteiger charge is -2.10. The number of amides is 1. The number of rotatable bonds is 5. The molecule has 0 aliphatic heterocycles. The van der Waals surface area contributed by atoms with Crippen molar-refractivity contribution in [2.45, 2.75) is 12.6 Å². The molecule has 1 aromatic heterocycles. The molecule has 1 amide bonds. The average molecular weight is 210 g/mol. The van der Waals surface area contributed by atoms with E-state index in [2.05, 4.69) is 15.5 Å². The molecule has 0 saturated heterocycles. The van der Waals surface area contributed by atoms with Crippen LogP contribution in [0.3, 0.4) is 0 Å². The number of carbonyl (C=O) groups excluding carboxylic acids is 1. The maximum atomic E-state index is 11.3. The lowest BCUT2D eigenvalue weighted by molar-refractivity contribution is -0.123. The highest BCUT2D eigenvalue weighted by atomic mass is 16.5. The van der Waals surface area contributed by atoms with Gasteiger partial charge in [0.1, 0.15) is 6.04 Å². The summed E-state index contributed by atoms with van der Waals surface area (Å²) in [7, 11) is 1.50. The van der Waals surface area contributed by atoms with Gasteiger partial charge in [0.25, 0.3) is 0 Å². The Hall–Kier alpha value is -1.53. The highest BCUT2D eigenvalue weighted by molar-refractivity contribution is 5.81. The first-order valence-corrected chi connectivity index (χ1v) is 4.53. The molecule has 82 valence electrons. The molecule has 0 saturated carbocycles. The Balaban J connectivity index is 2.34. The molecule has 1 rings (SSSR count). The minimum Gasteiger partial charge on any atom is -0.383 e. The molecule has 6 nitrogen and oxygen atoms in total. The molecule has 0 aromatic carbocycles. The van der Waals surface area contributed by atoms with Gasteiger partial charge in [-0.05, 0) is 12.1 Å². The summed E-state index contributed by atoms with van der Waals surface area (Å²) >= 11 is 0. The summed E-state index contributed by atoms with van der Waals surface area (Å²) in [6.45, 7) is 0.524. The summed E-state index contributed by atoms with van der Waals surface area (Å²) in [5.74, 6) is -0.262. The number of nitrogens with one attached hydrogen (secondary N) is 1. The number of methoxy groups -OCH3 is 1. The van der Waals surface area contributed by atoms with Crippen LogP contribution in [-0.2, 0) is 16.1 Å². The summed E-state index contributed by atoms with van der Waals surface area (Å²) < 4.78 is 4.76. The van der Waals surface area contributed by atoms with E-state index in [4.69, 9.17) is 10.5 Å². The Kier molecular flexibility index (Phi) is 4.65. The summed E-state index contributed by atoms with van der Waals surface area (Å²) in [5, 5.41) is 10.1. The zero-order valence-corrected chi connectivity index (χ0v) is 8.51. The van der Waals surface area contributed by atoms with Crippen molar-refractivity contribution in [3.05, 3.63) is 24.0 Å². The Bertz CT molecular complexity index is 304. The third-order valence-electron chi connectivity index (χ3n) is 1.75. The zero-order chi connectivity index (χ0) is 11.1. The van der Waals surface area contributed by atoms with E-state index in [9.17, 15) is 4.79 Å². The van der Waals surface area contributed by atoms with Crippen molar-refractivity contribution < 1.29 is 9.53 Å². The van der Waals surface area contributed by atoms with Crippen LogP contribution >= 0.6 is 0 Å². The van der Waals surface area contributed by atoms with Crippen molar-refractivity contribution in [2.24, 2.45) is 5.73 Å². The first-order valence-electron chi connectivity index (χ1n) is 4.53. The molecule has 0 bridgehead atoms. The topological polar surface area (TPSA) is 90.1 Å². The van der Waals surface area contributed by atoms with Gasteiger partial charge in [-0.15, -0.1) is 0 Å². The van der Waals surface area contributed by atoms with Crippen LogP contribution in [0.5, 0.6) is 0 Å². The van der Waals surface area contributed by atoms with Gasteiger partial charge < -0.3 is 15.8 Å². The molecule has 0 radical (unpaired) electrons. The van der Waals surface area contributed by atoms with Gasteiger partial charge in [-0.25, -0.2) is 0 Å². The fraction of sp³-hybridized carbons (Fsp3) is 0.444. The van der Waals surface area contributed by atoms with Crippen LogP contribution in [-0.4, -0.2) is 35.9 Å². The smallest absolute Gasteiger partial charge is 0.239 e. The van der Waals surface area contributed by atoms with Crippen LogP contribution in [0.1, 0.15) is 5.69 Å². The molecule has 6 heteroatoms. The highest BCUT2D eigenvalue weighted by Gasteiger charge is 2.12. The summed E-state index contributed by atoms with van der Waals surface area (Å²) in [6, 6.07) is 2.88. The van der Waals surface area contributed by atoms with E-state index < -0.39 is 6.04 Å². The Morgan fingerprint density at radius 3 is 3.13 bits per heavy atom. The number of carbonyl (C=O) groups is 1. The molecule has 0 aliphatic rings. The van der Waals surface area contributed by atoms with Crippen molar-refractivity contribution in [3.8, 4) is 0 Å². The van der Waals surface area contributed by atoms with Crippen molar-refractivity contribution in [1.82, 2.24) is 15.5 Å². The number of hydrogen-bond acceptors (Lipinski definition) is 5. The molecule has 1 heterocycles. The average Bonchev–Trinajstić information content (AvgIpc) is 2.27. The lowest BCUT2D eigenvalue weighted by Crippen LogP contribution is -2.43. The van der Waals surface area contributed by atoms with E-state index in [1.165, 1.54) is 7.11 Å². The summed E-state index contributed by atoms with van der Waals surface area (Å²) in [6.07, 6.45) is 1.57. The second kappa shape index (κ2) is 6.05. The Labute approximate surface area is 87.8 Å². The van der Waals surface area contributed by atoms with Crippen LogP contribution in [0.2, 0.25) is 0 Å². The van der Waals surface area contributed by atoms with Gasteiger partial charge in [0.2, 0.25) is 5.91 Å². The van der Waals surface area contributed by atoms with E-state index in [1.54, 1.807) is 18.3 Å². The van der Waals surface area contributed by atoms with Gasteiger partial charge in [0, 0.05) is 13.3 Å². The number of nitrogens with zero attached hydrogens (tertiary/aromatic N) is 2. The molecule has 0 aliphatic carbocycles. The molecule has 1 atom stereocenters. The molecule has 1 unspecified atom stereocenters. The Morgan fingerprint density at radius 1 is 1.73 bits per heavy atom. The van der Waals surface area contributed by atoms with E-state index >= 15 is 0 Å². The second-order valence-corrected chi connectivity index (χ2v) is 2.99. The minimum absolute atomic E-state index is 0.201. The van der Waals surface area contributed by atoms with Crippen molar-refractivity contribution in [1.29, 1.82) is 0 Å². The van der Waals surface area contributed by atoms with E-state index in [1.807, 2.05) is 0 Å². The summed E-state index contributed by atoms with van der Waals surface area (Å²) in [4.78, 5) is 11.3.